The van der Waals surface area contributed by atoms with E-state index in [9.17, 15) is 10.2 Å². The Balaban J connectivity index is 2.64. The van der Waals surface area contributed by atoms with Gasteiger partial charge in [-0.25, -0.2) is 0 Å². The molecule has 0 aliphatic carbocycles. The second-order valence-electron chi connectivity index (χ2n) is 5.16. The minimum atomic E-state index is -0.670. The van der Waals surface area contributed by atoms with Gasteiger partial charge in [0.1, 0.15) is 5.75 Å². The smallest absolute Gasteiger partial charge is 0.119 e. The molecule has 108 valence electrons. The molecular weight excluding hydrogens is 242 g/mol. The minimum absolute atomic E-state index is 0.0459. The Bertz CT molecular complexity index is 360. The van der Waals surface area contributed by atoms with Crippen LogP contribution in [0.25, 0.3) is 0 Å². The van der Waals surface area contributed by atoms with Crippen LogP contribution in [0.15, 0.2) is 24.3 Å². The number of rotatable bonds is 8. The second-order valence-corrected chi connectivity index (χ2v) is 5.16. The number of nitrogens with one attached hydrogen (secondary N) is 1. The van der Waals surface area contributed by atoms with E-state index >= 15 is 0 Å². The number of hydrogen-bond donors (Lipinski definition) is 3. The van der Waals surface area contributed by atoms with Crippen LogP contribution in [-0.4, -0.2) is 35.6 Å². The van der Waals surface area contributed by atoms with Crippen molar-refractivity contribution < 1.29 is 14.9 Å². The van der Waals surface area contributed by atoms with E-state index in [0.717, 1.165) is 24.3 Å². The molecule has 3 N–H and O–H groups in total. The molecule has 0 aliphatic heterocycles. The molecule has 0 radical (unpaired) electrons. The van der Waals surface area contributed by atoms with Gasteiger partial charge in [0.05, 0.1) is 25.4 Å². The molecule has 1 aromatic rings. The molecule has 0 fully saturated rings. The first kappa shape index (κ1) is 16.0. The van der Waals surface area contributed by atoms with E-state index in [-0.39, 0.29) is 19.3 Å². The van der Waals surface area contributed by atoms with Crippen molar-refractivity contribution in [1.29, 1.82) is 0 Å². The number of benzene rings is 1. The zero-order valence-corrected chi connectivity index (χ0v) is 12.0. The Kier molecular flexibility index (Phi) is 6.28. The van der Waals surface area contributed by atoms with E-state index in [0.29, 0.717) is 0 Å². The Morgan fingerprint density at radius 2 is 1.79 bits per heavy atom. The molecule has 4 nitrogen and oxygen atoms in total. The first-order chi connectivity index (χ1) is 9.04. The number of ether oxygens (including phenoxy) is 1. The Morgan fingerprint density at radius 1 is 1.21 bits per heavy atom. The lowest BCUT2D eigenvalue weighted by atomic mass is 10.0. The Labute approximate surface area is 115 Å². The van der Waals surface area contributed by atoms with Crippen molar-refractivity contribution in [2.24, 2.45) is 0 Å². The van der Waals surface area contributed by atoms with Crippen LogP contribution in [0.3, 0.4) is 0 Å². The molecule has 1 aromatic carbocycles. The van der Waals surface area contributed by atoms with E-state index < -0.39 is 5.54 Å². The lowest BCUT2D eigenvalue weighted by molar-refractivity contribution is 0.0957. The average Bonchev–Trinajstić information content (AvgIpc) is 2.45. The normalized spacial score (nSPS) is 13.3. The van der Waals surface area contributed by atoms with Crippen LogP contribution in [0.1, 0.15) is 38.8 Å². The van der Waals surface area contributed by atoms with Gasteiger partial charge >= 0.3 is 0 Å². The van der Waals surface area contributed by atoms with Gasteiger partial charge in [-0.2, -0.15) is 0 Å². The molecule has 0 heterocycles. The standard InChI is InChI=1S/C15H25NO3/c1-4-9-19-14-7-5-13(6-8-14)12(2)16-15(3,10-17)11-18/h5-8,12,16-18H,4,9-11H2,1-3H3. The molecule has 0 spiro atoms. The van der Waals surface area contributed by atoms with Crippen LogP contribution in [0.2, 0.25) is 0 Å². The molecule has 0 amide bonds. The minimum Gasteiger partial charge on any atom is -0.494 e. The molecule has 0 aromatic heterocycles. The highest BCUT2D eigenvalue weighted by Crippen LogP contribution is 2.20. The Morgan fingerprint density at radius 3 is 2.26 bits per heavy atom. The van der Waals surface area contributed by atoms with Gasteiger partial charge in [-0.15, -0.1) is 0 Å². The maximum Gasteiger partial charge on any atom is 0.119 e. The van der Waals surface area contributed by atoms with Gasteiger partial charge in [-0.05, 0) is 38.0 Å². The summed E-state index contributed by atoms with van der Waals surface area (Å²) in [5, 5.41) is 21.8. The highest BCUT2D eigenvalue weighted by atomic mass is 16.5. The largest absolute Gasteiger partial charge is 0.494 e. The molecular formula is C15H25NO3. The first-order valence-corrected chi connectivity index (χ1v) is 6.77. The summed E-state index contributed by atoms with van der Waals surface area (Å²) in [7, 11) is 0. The molecule has 1 rings (SSSR count). The molecule has 4 heteroatoms. The van der Waals surface area contributed by atoms with Crippen LogP contribution in [-0.2, 0) is 0 Å². The maximum atomic E-state index is 9.28. The van der Waals surface area contributed by atoms with Gasteiger partial charge in [-0.3, -0.25) is 0 Å². The van der Waals surface area contributed by atoms with Crippen molar-refractivity contribution in [2.75, 3.05) is 19.8 Å². The van der Waals surface area contributed by atoms with Crippen molar-refractivity contribution >= 4 is 0 Å². The van der Waals surface area contributed by atoms with Gasteiger partial charge < -0.3 is 20.3 Å². The van der Waals surface area contributed by atoms with Crippen molar-refractivity contribution in [1.82, 2.24) is 5.32 Å². The van der Waals surface area contributed by atoms with Crippen LogP contribution < -0.4 is 10.1 Å². The van der Waals surface area contributed by atoms with Gasteiger partial charge in [-0.1, -0.05) is 19.1 Å². The predicted octanol–water partition coefficient (Wildman–Crippen LogP) is 1.87. The fraction of sp³-hybridized carbons (Fsp3) is 0.600. The summed E-state index contributed by atoms with van der Waals surface area (Å²) in [5.74, 6) is 0.866. The highest BCUT2D eigenvalue weighted by molar-refractivity contribution is 5.29. The third kappa shape index (κ3) is 4.82. The molecule has 0 saturated carbocycles. The highest BCUT2D eigenvalue weighted by Gasteiger charge is 2.24. The topological polar surface area (TPSA) is 61.7 Å². The van der Waals surface area contributed by atoms with Gasteiger partial charge in [0.25, 0.3) is 0 Å². The zero-order valence-electron chi connectivity index (χ0n) is 12.0. The van der Waals surface area contributed by atoms with Crippen LogP contribution in [0, 0.1) is 0 Å². The van der Waals surface area contributed by atoms with Crippen LogP contribution in [0.5, 0.6) is 5.75 Å². The molecule has 1 atom stereocenters. The molecule has 0 aliphatic rings. The predicted molar refractivity (Wildman–Crippen MR) is 76.4 cm³/mol. The molecule has 1 unspecified atom stereocenters. The van der Waals surface area contributed by atoms with E-state index in [1.54, 1.807) is 6.92 Å². The summed E-state index contributed by atoms with van der Waals surface area (Å²) < 4.78 is 5.53. The van der Waals surface area contributed by atoms with Crippen LogP contribution in [0.4, 0.5) is 0 Å². The van der Waals surface area contributed by atoms with Gasteiger partial charge in [0, 0.05) is 6.04 Å². The summed E-state index contributed by atoms with van der Waals surface area (Å²) in [6.45, 7) is 6.38. The SMILES string of the molecule is CCCOc1ccc(C(C)NC(C)(CO)CO)cc1. The third-order valence-corrected chi connectivity index (χ3v) is 3.12. The maximum absolute atomic E-state index is 9.28. The fourth-order valence-electron chi connectivity index (χ4n) is 1.82. The second kappa shape index (κ2) is 7.48. The third-order valence-electron chi connectivity index (χ3n) is 3.12. The summed E-state index contributed by atoms with van der Waals surface area (Å²) in [5.41, 5.74) is 0.425. The summed E-state index contributed by atoms with van der Waals surface area (Å²) >= 11 is 0. The Hall–Kier alpha value is -1.10. The lowest BCUT2D eigenvalue weighted by Gasteiger charge is -2.30. The van der Waals surface area contributed by atoms with E-state index in [1.165, 1.54) is 0 Å². The molecule has 0 bridgehead atoms. The summed E-state index contributed by atoms with van der Waals surface area (Å²) in [4.78, 5) is 0. The van der Waals surface area contributed by atoms with Gasteiger partial charge in [0.2, 0.25) is 0 Å². The average molecular weight is 267 g/mol. The number of aliphatic hydroxyl groups is 2. The quantitative estimate of drug-likeness (QED) is 0.673. The van der Waals surface area contributed by atoms with Crippen molar-refractivity contribution in [2.45, 2.75) is 38.8 Å². The molecule has 0 saturated heterocycles. The van der Waals surface area contributed by atoms with Crippen molar-refractivity contribution in [3.8, 4) is 5.75 Å². The van der Waals surface area contributed by atoms with E-state index in [2.05, 4.69) is 12.2 Å². The number of aliphatic hydroxyl groups excluding tert-OH is 2. The monoisotopic (exact) mass is 267 g/mol. The summed E-state index contributed by atoms with van der Waals surface area (Å²) in [6.07, 6.45) is 0.991. The fourth-order valence-corrected chi connectivity index (χ4v) is 1.82. The first-order valence-electron chi connectivity index (χ1n) is 6.77. The lowest BCUT2D eigenvalue weighted by Crippen LogP contribution is -2.49. The van der Waals surface area contributed by atoms with Crippen molar-refractivity contribution in [3.05, 3.63) is 29.8 Å². The van der Waals surface area contributed by atoms with E-state index in [1.807, 2.05) is 31.2 Å². The van der Waals surface area contributed by atoms with E-state index in [4.69, 9.17) is 4.74 Å². The van der Waals surface area contributed by atoms with Crippen LogP contribution >= 0.6 is 0 Å². The van der Waals surface area contributed by atoms with Gasteiger partial charge in [0.15, 0.2) is 0 Å². The molecule has 19 heavy (non-hydrogen) atoms. The van der Waals surface area contributed by atoms with Crippen molar-refractivity contribution in [3.63, 3.8) is 0 Å². The zero-order chi connectivity index (χ0) is 14.3. The summed E-state index contributed by atoms with van der Waals surface area (Å²) in [6, 6.07) is 7.93. The number of hydrogen-bond acceptors (Lipinski definition) is 4.